The number of benzene rings is 1. The molecule has 3 rings (SSSR count). The molecule has 7 heteroatoms. The van der Waals surface area contributed by atoms with Crippen LogP contribution in [0.25, 0.3) is 11.0 Å². The van der Waals surface area contributed by atoms with Gasteiger partial charge in [0.25, 0.3) is 5.91 Å². The third kappa shape index (κ3) is 3.66. The van der Waals surface area contributed by atoms with Gasteiger partial charge in [0.2, 0.25) is 0 Å². The van der Waals surface area contributed by atoms with E-state index in [1.165, 1.54) is 6.07 Å². The third-order valence-corrected chi connectivity index (χ3v) is 4.59. The van der Waals surface area contributed by atoms with Gasteiger partial charge in [-0.1, -0.05) is 11.6 Å². The van der Waals surface area contributed by atoms with Crippen LogP contribution in [0.2, 0.25) is 5.02 Å². The first-order valence-electron chi connectivity index (χ1n) is 8.09. The Balaban J connectivity index is 1.83. The monoisotopic (exact) mass is 374 g/mol. The summed E-state index contributed by atoms with van der Waals surface area (Å²) in [5.41, 5.74) is 0.790. The molecule has 0 saturated carbocycles. The number of amides is 1. The third-order valence-electron chi connectivity index (χ3n) is 4.18. The lowest BCUT2D eigenvalue weighted by Crippen LogP contribution is -2.34. The lowest BCUT2D eigenvalue weighted by Gasteiger charge is -2.22. The van der Waals surface area contributed by atoms with Gasteiger partial charge in [-0.3, -0.25) is 14.5 Å². The quantitative estimate of drug-likeness (QED) is 0.741. The normalized spacial score (nSPS) is 12.5. The maximum absolute atomic E-state index is 12.5. The van der Waals surface area contributed by atoms with E-state index in [-0.39, 0.29) is 17.2 Å². The number of nitrogens with one attached hydrogen (secondary N) is 1. The Morgan fingerprint density at radius 2 is 2.08 bits per heavy atom. The van der Waals surface area contributed by atoms with Crippen molar-refractivity contribution in [2.24, 2.45) is 0 Å². The van der Waals surface area contributed by atoms with Crippen LogP contribution in [-0.2, 0) is 0 Å². The molecule has 3 aromatic rings. The molecule has 0 bridgehead atoms. The summed E-state index contributed by atoms with van der Waals surface area (Å²) in [6, 6.07) is 7.89. The molecule has 0 aliphatic heterocycles. The van der Waals surface area contributed by atoms with Crippen LogP contribution < -0.4 is 10.7 Å². The number of hydrogen-bond acceptors (Lipinski definition) is 5. The summed E-state index contributed by atoms with van der Waals surface area (Å²) in [6.45, 7) is 2.11. The summed E-state index contributed by atoms with van der Waals surface area (Å²) in [7, 11) is 3.78. The standard InChI is InChI=1S/C19H19ClN2O4/c1-11-7-17-12(8-13(11)20)15(23)9-18(26-17)19(24)21-10-14(22(2)3)16-5-4-6-25-16/h4-9,14H,10H2,1-3H3,(H,21,24). The summed E-state index contributed by atoms with van der Waals surface area (Å²) >= 11 is 6.05. The molecule has 0 aliphatic carbocycles. The van der Waals surface area contributed by atoms with Crippen molar-refractivity contribution in [2.75, 3.05) is 20.6 Å². The van der Waals surface area contributed by atoms with Crippen molar-refractivity contribution in [2.45, 2.75) is 13.0 Å². The minimum absolute atomic E-state index is 0.0406. The molecule has 0 spiro atoms. The predicted molar refractivity (Wildman–Crippen MR) is 99.7 cm³/mol. The van der Waals surface area contributed by atoms with Gasteiger partial charge in [0.05, 0.1) is 17.7 Å². The van der Waals surface area contributed by atoms with Gasteiger partial charge in [0.1, 0.15) is 11.3 Å². The first-order valence-corrected chi connectivity index (χ1v) is 8.46. The van der Waals surface area contributed by atoms with Crippen LogP contribution in [0, 0.1) is 6.92 Å². The molecule has 6 nitrogen and oxygen atoms in total. The van der Waals surface area contributed by atoms with Crippen molar-refractivity contribution in [1.29, 1.82) is 0 Å². The van der Waals surface area contributed by atoms with Crippen LogP contribution in [0.3, 0.4) is 0 Å². The largest absolute Gasteiger partial charge is 0.468 e. The SMILES string of the molecule is Cc1cc2oc(C(=O)NCC(c3ccco3)N(C)C)cc(=O)c2cc1Cl. The van der Waals surface area contributed by atoms with Gasteiger partial charge >= 0.3 is 0 Å². The molecule has 136 valence electrons. The first-order chi connectivity index (χ1) is 12.4. The molecule has 0 radical (unpaired) electrons. The van der Waals surface area contributed by atoms with Crippen molar-refractivity contribution < 1.29 is 13.6 Å². The minimum Gasteiger partial charge on any atom is -0.468 e. The highest BCUT2D eigenvalue weighted by Crippen LogP contribution is 2.22. The van der Waals surface area contributed by atoms with E-state index in [2.05, 4.69) is 5.32 Å². The van der Waals surface area contributed by atoms with Crippen LogP contribution in [-0.4, -0.2) is 31.4 Å². The molecule has 1 unspecified atom stereocenters. The number of carbonyl (C=O) groups excluding carboxylic acids is 1. The maximum Gasteiger partial charge on any atom is 0.287 e. The molecule has 2 aromatic heterocycles. The van der Waals surface area contributed by atoms with Crippen molar-refractivity contribution >= 4 is 28.5 Å². The van der Waals surface area contributed by atoms with E-state index in [1.54, 1.807) is 31.4 Å². The topological polar surface area (TPSA) is 75.7 Å². The van der Waals surface area contributed by atoms with Crippen LogP contribution in [0.4, 0.5) is 0 Å². The van der Waals surface area contributed by atoms with E-state index in [0.717, 1.165) is 11.3 Å². The van der Waals surface area contributed by atoms with Gasteiger partial charge in [0, 0.05) is 17.6 Å². The average Bonchev–Trinajstić information content (AvgIpc) is 3.10. The summed E-state index contributed by atoms with van der Waals surface area (Å²) in [6.07, 6.45) is 1.59. The highest BCUT2D eigenvalue weighted by Gasteiger charge is 2.20. The van der Waals surface area contributed by atoms with Gasteiger partial charge in [-0.15, -0.1) is 0 Å². The highest BCUT2D eigenvalue weighted by molar-refractivity contribution is 6.32. The number of halogens is 1. The molecule has 0 saturated heterocycles. The van der Waals surface area contributed by atoms with Crippen LogP contribution in [0.1, 0.15) is 27.9 Å². The van der Waals surface area contributed by atoms with Crippen molar-refractivity contribution in [3.8, 4) is 0 Å². The second-order valence-corrected chi connectivity index (χ2v) is 6.68. The number of likely N-dealkylation sites (N-methyl/N-ethyl adjacent to an activating group) is 1. The number of aryl methyl sites for hydroxylation is 1. The van der Waals surface area contributed by atoms with Gasteiger partial charge < -0.3 is 14.2 Å². The average molecular weight is 375 g/mol. The molecule has 2 heterocycles. The van der Waals surface area contributed by atoms with Crippen LogP contribution >= 0.6 is 11.6 Å². The zero-order valence-corrected chi connectivity index (χ0v) is 15.5. The number of nitrogens with zero attached hydrogens (tertiary/aromatic N) is 1. The minimum atomic E-state index is -0.463. The van der Waals surface area contributed by atoms with E-state index in [4.69, 9.17) is 20.4 Å². The fraction of sp³-hybridized carbons (Fsp3) is 0.263. The summed E-state index contributed by atoms with van der Waals surface area (Å²) in [5, 5.41) is 3.61. The van der Waals surface area contributed by atoms with E-state index in [0.29, 0.717) is 22.5 Å². The fourth-order valence-corrected chi connectivity index (χ4v) is 2.85. The Morgan fingerprint density at radius 1 is 1.31 bits per heavy atom. The van der Waals surface area contributed by atoms with E-state index in [1.807, 2.05) is 25.1 Å². The number of fused-ring (bicyclic) bond motifs is 1. The fourth-order valence-electron chi connectivity index (χ4n) is 2.68. The molecule has 1 aromatic carbocycles. The lowest BCUT2D eigenvalue weighted by atomic mass is 10.1. The zero-order chi connectivity index (χ0) is 18.8. The second kappa shape index (κ2) is 7.35. The zero-order valence-electron chi connectivity index (χ0n) is 14.7. The molecule has 0 aliphatic rings. The number of furan rings is 1. The number of rotatable bonds is 5. The molecule has 0 fully saturated rings. The van der Waals surface area contributed by atoms with Crippen LogP contribution in [0.5, 0.6) is 0 Å². The number of carbonyl (C=O) groups is 1. The Hall–Kier alpha value is -2.57. The van der Waals surface area contributed by atoms with Crippen LogP contribution in [0.15, 0.2) is 50.2 Å². The Kier molecular flexibility index (Phi) is 5.15. The van der Waals surface area contributed by atoms with Gasteiger partial charge in [-0.2, -0.15) is 0 Å². The van der Waals surface area contributed by atoms with Crippen molar-refractivity contribution in [1.82, 2.24) is 10.2 Å². The maximum atomic E-state index is 12.5. The van der Waals surface area contributed by atoms with Crippen molar-refractivity contribution in [3.05, 3.63) is 68.9 Å². The lowest BCUT2D eigenvalue weighted by molar-refractivity contribution is 0.0912. The number of hydrogen-bond donors (Lipinski definition) is 1. The smallest absolute Gasteiger partial charge is 0.287 e. The molecular formula is C19H19ClN2O4. The highest BCUT2D eigenvalue weighted by atomic mass is 35.5. The van der Waals surface area contributed by atoms with Gasteiger partial charge in [-0.05, 0) is 50.8 Å². The van der Waals surface area contributed by atoms with E-state index in [9.17, 15) is 9.59 Å². The van der Waals surface area contributed by atoms with E-state index >= 15 is 0 Å². The Morgan fingerprint density at radius 3 is 2.73 bits per heavy atom. The molecule has 1 amide bonds. The summed E-state index contributed by atoms with van der Waals surface area (Å²) in [5.74, 6) is 0.233. The van der Waals surface area contributed by atoms with Gasteiger partial charge in [-0.25, -0.2) is 0 Å². The molecule has 26 heavy (non-hydrogen) atoms. The predicted octanol–water partition coefficient (Wildman–Crippen LogP) is 3.38. The van der Waals surface area contributed by atoms with E-state index < -0.39 is 5.91 Å². The van der Waals surface area contributed by atoms with Gasteiger partial charge in [0.15, 0.2) is 11.2 Å². The van der Waals surface area contributed by atoms with Crippen molar-refractivity contribution in [3.63, 3.8) is 0 Å². The molecule has 1 N–H and O–H groups in total. The summed E-state index contributed by atoms with van der Waals surface area (Å²) in [4.78, 5) is 26.7. The summed E-state index contributed by atoms with van der Waals surface area (Å²) < 4.78 is 11.0. The molecule has 1 atom stereocenters. The molecular weight excluding hydrogens is 356 g/mol. The Bertz CT molecular complexity index is 993. The first kappa shape index (κ1) is 18.2. The second-order valence-electron chi connectivity index (χ2n) is 6.28. The Labute approximate surface area is 155 Å².